The molecular weight excluding hydrogens is 266 g/mol. The highest BCUT2D eigenvalue weighted by atomic mass is 32.1. The Bertz CT molecular complexity index is 570. The molecule has 106 valence electrons. The van der Waals surface area contributed by atoms with Gasteiger partial charge in [0.2, 0.25) is 0 Å². The van der Waals surface area contributed by atoms with Crippen LogP contribution in [0.5, 0.6) is 0 Å². The summed E-state index contributed by atoms with van der Waals surface area (Å²) in [6.07, 6.45) is 3.56. The van der Waals surface area contributed by atoms with Gasteiger partial charge in [0.1, 0.15) is 5.76 Å². The number of methoxy groups -OCH3 is 1. The molecule has 0 aliphatic rings. The molecule has 0 amide bonds. The maximum atomic E-state index is 5.23. The van der Waals surface area contributed by atoms with Crippen LogP contribution in [0.15, 0.2) is 70.4 Å². The van der Waals surface area contributed by atoms with E-state index in [2.05, 4.69) is 19.2 Å². The molecule has 20 heavy (non-hydrogen) atoms. The average molecular weight is 287 g/mol. The third-order valence-electron chi connectivity index (χ3n) is 2.62. The van der Waals surface area contributed by atoms with E-state index in [1.165, 1.54) is 0 Å². The second kappa shape index (κ2) is 7.65. The molecule has 3 heteroatoms. The minimum atomic E-state index is 0.692. The maximum Gasteiger partial charge on any atom is 0.120 e. The number of ether oxygens (including phenoxy) is 1. The van der Waals surface area contributed by atoms with Gasteiger partial charge in [-0.1, -0.05) is 24.8 Å². The molecule has 0 radical (unpaired) electrons. The van der Waals surface area contributed by atoms with Gasteiger partial charge >= 0.3 is 0 Å². The first-order chi connectivity index (χ1) is 9.49. The average Bonchev–Trinajstić information content (AvgIpc) is 2.92. The van der Waals surface area contributed by atoms with Gasteiger partial charge in [-0.15, -0.1) is 11.3 Å². The molecule has 0 aliphatic heterocycles. The van der Waals surface area contributed by atoms with Gasteiger partial charge in [0.15, 0.2) is 0 Å². The Morgan fingerprint density at radius 2 is 2.05 bits per heavy atom. The van der Waals surface area contributed by atoms with Crippen LogP contribution in [0, 0.1) is 0 Å². The molecule has 0 fully saturated rings. The van der Waals surface area contributed by atoms with Crippen molar-refractivity contribution in [2.24, 2.45) is 4.99 Å². The van der Waals surface area contributed by atoms with Crippen molar-refractivity contribution in [3.05, 3.63) is 70.3 Å². The number of hydrogen-bond donors (Lipinski definition) is 0. The van der Waals surface area contributed by atoms with E-state index >= 15 is 0 Å². The summed E-state index contributed by atoms with van der Waals surface area (Å²) in [4.78, 5) is 5.87. The van der Waals surface area contributed by atoms with E-state index in [1.807, 2.05) is 38.3 Å². The molecule has 0 atom stereocenters. The monoisotopic (exact) mass is 287 g/mol. The zero-order valence-electron chi connectivity index (χ0n) is 12.6. The lowest BCUT2D eigenvalue weighted by Crippen LogP contribution is -2.00. The zero-order valence-corrected chi connectivity index (χ0v) is 13.4. The number of hydrogen-bond acceptors (Lipinski definition) is 3. The van der Waals surface area contributed by atoms with Crippen molar-refractivity contribution in [1.82, 2.24) is 0 Å². The van der Waals surface area contributed by atoms with Crippen molar-refractivity contribution < 1.29 is 4.74 Å². The van der Waals surface area contributed by atoms with Crippen molar-refractivity contribution >= 4 is 17.0 Å². The minimum Gasteiger partial charge on any atom is -0.497 e. The van der Waals surface area contributed by atoms with Crippen molar-refractivity contribution in [2.45, 2.75) is 20.8 Å². The summed E-state index contributed by atoms with van der Waals surface area (Å²) in [5.41, 5.74) is 3.83. The van der Waals surface area contributed by atoms with Gasteiger partial charge in [-0.05, 0) is 43.9 Å². The van der Waals surface area contributed by atoms with Crippen LogP contribution in [0.2, 0.25) is 0 Å². The molecule has 0 bridgehead atoms. The van der Waals surface area contributed by atoms with Crippen molar-refractivity contribution in [3.63, 3.8) is 0 Å². The minimum absolute atomic E-state index is 0.692. The van der Waals surface area contributed by atoms with E-state index in [4.69, 9.17) is 9.73 Å². The Hall–Kier alpha value is -1.87. The largest absolute Gasteiger partial charge is 0.497 e. The molecule has 1 heterocycles. The second-order valence-corrected chi connectivity index (χ2v) is 5.51. The Morgan fingerprint density at radius 3 is 2.45 bits per heavy atom. The fourth-order valence-electron chi connectivity index (χ4n) is 1.52. The van der Waals surface area contributed by atoms with E-state index in [1.54, 1.807) is 24.5 Å². The van der Waals surface area contributed by atoms with Crippen LogP contribution >= 0.6 is 11.3 Å². The third-order valence-corrected chi connectivity index (χ3v) is 3.50. The second-order valence-electron chi connectivity index (χ2n) is 4.56. The highest BCUT2D eigenvalue weighted by molar-refractivity contribution is 7.12. The standard InChI is InChI=1S/C17H21NOS/c1-7-14(19-6)11-15(12(2)3)18-17(13(4)5)16-9-8-10-20-16/h7-11H,1,4H2,2-3,5-6H3/b14-11+,18-17+. The number of rotatable bonds is 6. The lowest BCUT2D eigenvalue weighted by Gasteiger charge is -2.07. The van der Waals surface area contributed by atoms with Crippen molar-refractivity contribution in [3.8, 4) is 0 Å². The smallest absolute Gasteiger partial charge is 0.120 e. The molecule has 0 saturated carbocycles. The molecule has 2 nitrogen and oxygen atoms in total. The van der Waals surface area contributed by atoms with E-state index in [9.17, 15) is 0 Å². The summed E-state index contributed by atoms with van der Waals surface area (Å²) < 4.78 is 5.23. The topological polar surface area (TPSA) is 21.6 Å². The van der Waals surface area contributed by atoms with E-state index in [0.717, 1.165) is 27.4 Å². The van der Waals surface area contributed by atoms with Gasteiger partial charge < -0.3 is 4.74 Å². The van der Waals surface area contributed by atoms with Crippen LogP contribution in [-0.4, -0.2) is 12.8 Å². The molecule has 1 aromatic heterocycles. The van der Waals surface area contributed by atoms with E-state index in [0.29, 0.717) is 5.76 Å². The lowest BCUT2D eigenvalue weighted by atomic mass is 10.1. The molecular formula is C17H21NOS. The fourth-order valence-corrected chi connectivity index (χ4v) is 2.31. The summed E-state index contributed by atoms with van der Waals surface area (Å²) in [6.45, 7) is 13.8. The first kappa shape index (κ1) is 16.2. The van der Waals surface area contributed by atoms with Crippen molar-refractivity contribution in [1.29, 1.82) is 0 Å². The molecule has 1 rings (SSSR count). The van der Waals surface area contributed by atoms with Crippen LogP contribution in [-0.2, 0) is 4.74 Å². The van der Waals surface area contributed by atoms with Crippen LogP contribution < -0.4 is 0 Å². The molecule has 0 N–H and O–H groups in total. The predicted molar refractivity (Wildman–Crippen MR) is 89.3 cm³/mol. The maximum absolute atomic E-state index is 5.23. The summed E-state index contributed by atoms with van der Waals surface area (Å²) in [7, 11) is 1.62. The molecule has 0 unspecified atom stereocenters. The molecule has 0 spiro atoms. The Balaban J connectivity index is 3.32. The van der Waals surface area contributed by atoms with Crippen molar-refractivity contribution in [2.75, 3.05) is 7.11 Å². The van der Waals surface area contributed by atoms with Crippen LogP contribution in [0.4, 0.5) is 0 Å². The Kier molecular flexibility index (Phi) is 6.19. The number of thiophene rings is 1. The number of aliphatic imine (C=N–C) groups is 1. The quantitative estimate of drug-likeness (QED) is 0.404. The van der Waals surface area contributed by atoms with Gasteiger partial charge in [-0.3, -0.25) is 0 Å². The Labute approximate surface area is 125 Å². The Morgan fingerprint density at radius 1 is 1.35 bits per heavy atom. The summed E-state index contributed by atoms with van der Waals surface area (Å²) in [6, 6.07) is 4.07. The lowest BCUT2D eigenvalue weighted by molar-refractivity contribution is 0.306. The van der Waals surface area contributed by atoms with Crippen LogP contribution in [0.25, 0.3) is 0 Å². The fraction of sp³-hybridized carbons (Fsp3) is 0.235. The van der Waals surface area contributed by atoms with Gasteiger partial charge in [0.25, 0.3) is 0 Å². The highest BCUT2D eigenvalue weighted by Crippen LogP contribution is 2.19. The first-order valence-corrected chi connectivity index (χ1v) is 7.21. The molecule has 0 aromatic carbocycles. The molecule has 0 saturated heterocycles. The molecule has 0 aliphatic carbocycles. The summed E-state index contributed by atoms with van der Waals surface area (Å²) >= 11 is 1.66. The van der Waals surface area contributed by atoms with Gasteiger partial charge in [0, 0.05) is 6.08 Å². The molecule has 1 aromatic rings. The first-order valence-electron chi connectivity index (χ1n) is 6.33. The van der Waals surface area contributed by atoms with Gasteiger partial charge in [0.05, 0.1) is 23.4 Å². The summed E-state index contributed by atoms with van der Waals surface area (Å²) in [5, 5.41) is 2.04. The van der Waals surface area contributed by atoms with E-state index < -0.39 is 0 Å². The number of nitrogens with zero attached hydrogens (tertiary/aromatic N) is 1. The summed E-state index contributed by atoms with van der Waals surface area (Å²) in [5.74, 6) is 0.692. The highest BCUT2D eigenvalue weighted by Gasteiger charge is 2.07. The SMILES string of the molecule is C=C/C(=C\C(/N=C(\C(=C)C)c1cccs1)=C(C)C)OC. The normalized spacial score (nSPS) is 12.0. The number of allylic oxidation sites excluding steroid dienone is 4. The predicted octanol–water partition coefficient (Wildman–Crippen LogP) is 5.12. The zero-order chi connectivity index (χ0) is 15.1. The van der Waals surface area contributed by atoms with Crippen LogP contribution in [0.3, 0.4) is 0 Å². The van der Waals surface area contributed by atoms with E-state index in [-0.39, 0.29) is 0 Å². The van der Waals surface area contributed by atoms with Gasteiger partial charge in [-0.25, -0.2) is 4.99 Å². The third kappa shape index (κ3) is 4.35. The van der Waals surface area contributed by atoms with Gasteiger partial charge in [-0.2, -0.15) is 0 Å². The van der Waals surface area contributed by atoms with Crippen LogP contribution in [0.1, 0.15) is 25.6 Å².